The van der Waals surface area contributed by atoms with Gasteiger partial charge in [0.15, 0.2) is 6.29 Å². The molecule has 1 atom stereocenters. The first-order valence-electron chi connectivity index (χ1n) is 16.9. The van der Waals surface area contributed by atoms with E-state index < -0.39 is 0 Å². The van der Waals surface area contributed by atoms with Crippen LogP contribution in [0.3, 0.4) is 0 Å². The van der Waals surface area contributed by atoms with Gasteiger partial charge in [0.2, 0.25) is 6.41 Å². The van der Waals surface area contributed by atoms with Gasteiger partial charge in [0.05, 0.1) is 36.7 Å². The molecule has 1 amide bonds. The molecule has 0 bridgehead atoms. The van der Waals surface area contributed by atoms with Gasteiger partial charge >= 0.3 is 0 Å². The first kappa shape index (κ1) is 32.5. The number of piperazine rings is 1. The number of carbonyl (C=O) groups excluding carboxylic acids is 2. The average molecular weight is 663 g/mol. The van der Waals surface area contributed by atoms with Gasteiger partial charge in [-0.2, -0.15) is 0 Å². The van der Waals surface area contributed by atoms with Gasteiger partial charge in [-0.1, -0.05) is 0 Å². The van der Waals surface area contributed by atoms with Crippen molar-refractivity contribution in [2.45, 2.75) is 51.6 Å². The number of amides is 1. The maximum absolute atomic E-state index is 13.2. The third kappa shape index (κ3) is 6.41. The van der Waals surface area contributed by atoms with Crippen LogP contribution in [0.15, 0.2) is 59.9 Å². The van der Waals surface area contributed by atoms with E-state index in [1.807, 2.05) is 31.5 Å². The molecule has 0 spiro atoms. The lowest BCUT2D eigenvalue weighted by atomic mass is 9.98. The van der Waals surface area contributed by atoms with E-state index in [0.29, 0.717) is 47.4 Å². The van der Waals surface area contributed by atoms with Crippen molar-refractivity contribution in [1.82, 2.24) is 24.0 Å². The number of aldehydes is 1. The molecular weight excluding hydrogens is 620 g/mol. The summed E-state index contributed by atoms with van der Waals surface area (Å²) in [5, 5.41) is 3.18. The fourth-order valence-electron chi connectivity index (χ4n) is 7.27. The summed E-state index contributed by atoms with van der Waals surface area (Å²) in [6.07, 6.45) is 14.3. The molecule has 1 aliphatic carbocycles. The summed E-state index contributed by atoms with van der Waals surface area (Å²) in [5.41, 5.74) is 6.16. The summed E-state index contributed by atoms with van der Waals surface area (Å²) in [6.45, 7) is 8.78. The molecule has 0 saturated carbocycles. The molecule has 2 fully saturated rings. The Balaban J connectivity index is 1.12. The fourth-order valence-corrected chi connectivity index (χ4v) is 7.27. The van der Waals surface area contributed by atoms with Crippen LogP contribution in [0.2, 0.25) is 0 Å². The molecule has 6 heterocycles. The zero-order valence-corrected chi connectivity index (χ0v) is 28.2. The summed E-state index contributed by atoms with van der Waals surface area (Å²) < 4.78 is 8.95. The number of rotatable bonds is 10. The topological polar surface area (TPSA) is 118 Å². The number of aromatic nitrogens is 4. The standard InChI is InChI=1S/C37H42N8O4/c1-25-16-27-6-4-5-7-34(27)45(25)15-13-43(24-47)36-32(21-46)31(10-11-38-36)28-17-33(37(48)41(3)20-28)40-35-9-8-29(18-39-35)44-14-12-42(19-26(44)2)30-22-49-23-30/h8-11,13,15-18,20-21,24,26,30H,4-7,12,14,19,22-23H2,1-3H3,(H,39,40)/b15-13-. The van der Waals surface area contributed by atoms with Gasteiger partial charge in [0, 0.05) is 74.5 Å². The Kier molecular flexibility index (Phi) is 9.15. The predicted octanol–water partition coefficient (Wildman–Crippen LogP) is 4.39. The molecular formula is C37H42N8O4. The number of nitrogens with zero attached hydrogens (tertiary/aromatic N) is 7. The van der Waals surface area contributed by atoms with E-state index in [9.17, 15) is 14.4 Å². The Morgan fingerprint density at radius 1 is 1.06 bits per heavy atom. The molecule has 3 aliphatic rings. The van der Waals surface area contributed by atoms with Gasteiger partial charge in [-0.3, -0.25) is 24.2 Å². The van der Waals surface area contributed by atoms with E-state index >= 15 is 0 Å². The second kappa shape index (κ2) is 13.8. The van der Waals surface area contributed by atoms with Crippen LogP contribution in [0.4, 0.5) is 23.0 Å². The van der Waals surface area contributed by atoms with E-state index in [1.165, 1.54) is 27.1 Å². The molecule has 12 nitrogen and oxygen atoms in total. The molecule has 0 aromatic carbocycles. The van der Waals surface area contributed by atoms with Gasteiger partial charge in [-0.15, -0.1) is 0 Å². The number of pyridine rings is 3. The Morgan fingerprint density at radius 3 is 2.61 bits per heavy atom. The second-order valence-electron chi connectivity index (χ2n) is 13.2. The number of fused-ring (bicyclic) bond motifs is 1. The molecule has 254 valence electrons. The summed E-state index contributed by atoms with van der Waals surface area (Å²) in [5.74, 6) is 0.732. The quantitative estimate of drug-likeness (QED) is 0.247. The first-order valence-corrected chi connectivity index (χ1v) is 16.9. The van der Waals surface area contributed by atoms with Crippen LogP contribution in [0.1, 0.15) is 47.1 Å². The first-order chi connectivity index (χ1) is 23.8. The largest absolute Gasteiger partial charge is 0.378 e. The predicted molar refractivity (Wildman–Crippen MR) is 190 cm³/mol. The summed E-state index contributed by atoms with van der Waals surface area (Å²) in [7, 11) is 1.66. The molecule has 2 saturated heterocycles. The van der Waals surface area contributed by atoms with Crippen molar-refractivity contribution in [2.24, 2.45) is 7.05 Å². The number of nitrogens with one attached hydrogen (secondary N) is 1. The smallest absolute Gasteiger partial charge is 0.274 e. The van der Waals surface area contributed by atoms with E-state index in [2.05, 4.69) is 42.6 Å². The molecule has 4 aromatic rings. The highest BCUT2D eigenvalue weighted by Gasteiger charge is 2.32. The SMILES string of the molecule is Cc1cc2c(n1/C=C\N(C=O)c1nccc(-c3cc(Nc4ccc(N5CCN(C6COC6)CC5C)cn4)c(=O)n(C)c3)c1C=O)CCCC2. The Hall–Kier alpha value is -5.07. The molecule has 1 unspecified atom stereocenters. The average Bonchev–Trinajstić information content (AvgIpc) is 3.41. The van der Waals surface area contributed by atoms with Crippen molar-refractivity contribution in [3.63, 3.8) is 0 Å². The van der Waals surface area contributed by atoms with Crippen LogP contribution in [-0.2, 0) is 29.4 Å². The van der Waals surface area contributed by atoms with Crippen LogP contribution in [-0.4, -0.2) is 81.6 Å². The minimum atomic E-state index is -0.246. The monoisotopic (exact) mass is 662 g/mol. The van der Waals surface area contributed by atoms with Gasteiger partial charge in [-0.05, 0) is 81.0 Å². The summed E-state index contributed by atoms with van der Waals surface area (Å²) in [4.78, 5) is 53.4. The number of anilines is 4. The van der Waals surface area contributed by atoms with Crippen LogP contribution in [0.25, 0.3) is 17.3 Å². The minimum absolute atomic E-state index is 0.203. The number of hydrogen-bond donors (Lipinski definition) is 1. The van der Waals surface area contributed by atoms with Crippen LogP contribution in [0, 0.1) is 6.92 Å². The minimum Gasteiger partial charge on any atom is -0.378 e. The Morgan fingerprint density at radius 2 is 1.90 bits per heavy atom. The van der Waals surface area contributed by atoms with Crippen LogP contribution >= 0.6 is 0 Å². The van der Waals surface area contributed by atoms with Crippen molar-refractivity contribution in [2.75, 3.05) is 48.0 Å². The van der Waals surface area contributed by atoms with Crippen molar-refractivity contribution >= 4 is 41.9 Å². The van der Waals surface area contributed by atoms with Crippen molar-refractivity contribution in [3.8, 4) is 11.1 Å². The van der Waals surface area contributed by atoms with Crippen molar-refractivity contribution in [1.29, 1.82) is 0 Å². The number of hydrogen-bond acceptors (Lipinski definition) is 9. The molecule has 49 heavy (non-hydrogen) atoms. The molecule has 0 radical (unpaired) electrons. The lowest BCUT2D eigenvalue weighted by molar-refractivity contribution is -0.107. The Bertz CT molecular complexity index is 1940. The lowest BCUT2D eigenvalue weighted by Crippen LogP contribution is -2.59. The maximum Gasteiger partial charge on any atom is 0.274 e. The molecule has 12 heteroatoms. The second-order valence-corrected chi connectivity index (χ2v) is 13.2. The van der Waals surface area contributed by atoms with E-state index in [-0.39, 0.29) is 16.9 Å². The van der Waals surface area contributed by atoms with Crippen molar-refractivity contribution in [3.05, 3.63) is 88.0 Å². The number of ether oxygens (including phenoxy) is 1. The van der Waals surface area contributed by atoms with E-state index in [0.717, 1.165) is 63.5 Å². The normalized spacial score (nSPS) is 18.3. The van der Waals surface area contributed by atoms with E-state index in [1.54, 1.807) is 37.8 Å². The van der Waals surface area contributed by atoms with Gasteiger partial charge in [0.1, 0.15) is 17.3 Å². The van der Waals surface area contributed by atoms with Gasteiger partial charge in [0.25, 0.3) is 5.56 Å². The highest BCUT2D eigenvalue weighted by Crippen LogP contribution is 2.31. The number of carbonyl (C=O) groups is 2. The number of aryl methyl sites for hydroxylation is 3. The third-order valence-corrected chi connectivity index (χ3v) is 9.99. The third-order valence-electron chi connectivity index (χ3n) is 9.99. The summed E-state index contributed by atoms with van der Waals surface area (Å²) >= 11 is 0. The van der Waals surface area contributed by atoms with Gasteiger partial charge < -0.3 is 24.1 Å². The molecule has 7 rings (SSSR count). The van der Waals surface area contributed by atoms with Crippen molar-refractivity contribution < 1.29 is 14.3 Å². The van der Waals surface area contributed by atoms with E-state index in [4.69, 9.17) is 4.74 Å². The highest BCUT2D eigenvalue weighted by molar-refractivity contribution is 5.97. The summed E-state index contributed by atoms with van der Waals surface area (Å²) in [6, 6.07) is 10.4. The lowest BCUT2D eigenvalue weighted by Gasteiger charge is -2.46. The highest BCUT2D eigenvalue weighted by atomic mass is 16.5. The van der Waals surface area contributed by atoms with Crippen LogP contribution < -0.4 is 20.7 Å². The molecule has 1 N–H and O–H groups in total. The fraction of sp³-hybridized carbons (Fsp3) is 0.378. The zero-order valence-electron chi connectivity index (χ0n) is 28.2. The maximum atomic E-state index is 13.2. The van der Waals surface area contributed by atoms with Gasteiger partial charge in [-0.25, -0.2) is 9.97 Å². The Labute approximate surface area is 285 Å². The molecule has 2 aliphatic heterocycles. The van der Waals surface area contributed by atoms with Crippen LogP contribution in [0.5, 0.6) is 0 Å². The zero-order chi connectivity index (χ0) is 34.1. The molecule has 4 aromatic heterocycles.